The molecule has 2 aromatic heterocycles. The Morgan fingerprint density at radius 2 is 2.05 bits per heavy atom. The van der Waals surface area contributed by atoms with Gasteiger partial charge >= 0.3 is 6.09 Å². The van der Waals surface area contributed by atoms with Crippen molar-refractivity contribution < 1.29 is 9.53 Å². The molecule has 0 aliphatic carbocycles. The summed E-state index contributed by atoms with van der Waals surface area (Å²) in [5.41, 5.74) is 2.78. The summed E-state index contributed by atoms with van der Waals surface area (Å²) < 4.78 is 7.19. The zero-order valence-electron chi connectivity index (χ0n) is 12.5. The molecule has 1 atom stereocenters. The van der Waals surface area contributed by atoms with E-state index in [1.807, 2.05) is 45.0 Å². The minimum absolute atomic E-state index is 0.362. The van der Waals surface area contributed by atoms with Crippen LogP contribution in [0.2, 0.25) is 0 Å². The standard InChI is InChI=1S/C15H16N4O2S/c1-9-4-6-12(7-5-9)18-15(20)21-11(3)13-10(2)19-14(22-13)16-8-17-19/h4-8,11H,1-3H3,(H,18,20)/t11-/m1/s1. The van der Waals surface area contributed by atoms with Crippen LogP contribution in [0.25, 0.3) is 4.96 Å². The van der Waals surface area contributed by atoms with Gasteiger partial charge in [-0.25, -0.2) is 14.3 Å². The number of amides is 1. The number of aryl methyl sites for hydroxylation is 2. The Morgan fingerprint density at radius 3 is 2.73 bits per heavy atom. The van der Waals surface area contributed by atoms with Gasteiger partial charge in [-0.3, -0.25) is 5.32 Å². The van der Waals surface area contributed by atoms with Crippen molar-refractivity contribution in [2.75, 3.05) is 5.32 Å². The first-order valence-electron chi connectivity index (χ1n) is 6.88. The van der Waals surface area contributed by atoms with Crippen LogP contribution in [0.4, 0.5) is 10.5 Å². The van der Waals surface area contributed by atoms with Crippen LogP contribution in [0.1, 0.15) is 29.2 Å². The predicted octanol–water partition coefficient (Wildman–Crippen LogP) is 3.72. The molecule has 0 radical (unpaired) electrons. The third-order valence-electron chi connectivity index (χ3n) is 3.34. The average molecular weight is 316 g/mol. The molecule has 0 fully saturated rings. The summed E-state index contributed by atoms with van der Waals surface area (Å²) in [5, 5.41) is 6.86. The average Bonchev–Trinajstić information content (AvgIpc) is 3.05. The van der Waals surface area contributed by atoms with Crippen LogP contribution < -0.4 is 5.32 Å². The molecule has 114 valence electrons. The molecule has 3 rings (SSSR count). The van der Waals surface area contributed by atoms with Crippen molar-refractivity contribution in [1.82, 2.24) is 14.6 Å². The smallest absolute Gasteiger partial charge is 0.412 e. The van der Waals surface area contributed by atoms with E-state index >= 15 is 0 Å². The number of hydrogen-bond donors (Lipinski definition) is 1. The van der Waals surface area contributed by atoms with E-state index in [1.165, 1.54) is 17.7 Å². The molecule has 0 spiro atoms. The van der Waals surface area contributed by atoms with E-state index in [9.17, 15) is 4.79 Å². The monoisotopic (exact) mass is 316 g/mol. The van der Waals surface area contributed by atoms with Crippen LogP contribution in [0.5, 0.6) is 0 Å². The maximum atomic E-state index is 12.0. The number of nitrogens with one attached hydrogen (secondary N) is 1. The first-order chi connectivity index (χ1) is 10.5. The Morgan fingerprint density at radius 1 is 1.32 bits per heavy atom. The number of nitrogens with zero attached hydrogens (tertiary/aromatic N) is 3. The number of fused-ring (bicyclic) bond motifs is 1. The second kappa shape index (κ2) is 5.76. The Kier molecular flexibility index (Phi) is 3.81. The zero-order valence-corrected chi connectivity index (χ0v) is 13.3. The Bertz CT molecular complexity index is 807. The number of carbonyl (C=O) groups excluding carboxylic acids is 1. The minimum Gasteiger partial charge on any atom is -0.440 e. The Hall–Kier alpha value is -2.41. The number of anilines is 1. The molecule has 0 bridgehead atoms. The normalized spacial score (nSPS) is 12.3. The van der Waals surface area contributed by atoms with Gasteiger partial charge in [0.2, 0.25) is 4.96 Å². The fourth-order valence-corrected chi connectivity index (χ4v) is 3.20. The molecule has 0 aliphatic rings. The molecule has 0 unspecified atom stereocenters. The lowest BCUT2D eigenvalue weighted by molar-refractivity contribution is 0.122. The number of hydrogen-bond acceptors (Lipinski definition) is 5. The maximum absolute atomic E-state index is 12.0. The lowest BCUT2D eigenvalue weighted by atomic mass is 10.2. The molecule has 0 aliphatic heterocycles. The van der Waals surface area contributed by atoms with Crippen LogP contribution in [0, 0.1) is 13.8 Å². The van der Waals surface area contributed by atoms with Gasteiger partial charge in [-0.15, -0.1) is 0 Å². The summed E-state index contributed by atoms with van der Waals surface area (Å²) in [4.78, 5) is 17.9. The molecule has 0 saturated heterocycles. The molecule has 2 heterocycles. The summed E-state index contributed by atoms with van der Waals surface area (Å²) >= 11 is 1.47. The molecule has 22 heavy (non-hydrogen) atoms. The van der Waals surface area contributed by atoms with Gasteiger partial charge in [-0.1, -0.05) is 29.0 Å². The molecule has 1 aromatic carbocycles. The number of thiazole rings is 1. The van der Waals surface area contributed by atoms with Gasteiger partial charge in [0.15, 0.2) is 0 Å². The summed E-state index contributed by atoms with van der Waals surface area (Å²) in [6.45, 7) is 5.77. The van der Waals surface area contributed by atoms with Gasteiger partial charge in [-0.2, -0.15) is 5.10 Å². The molecular weight excluding hydrogens is 300 g/mol. The topological polar surface area (TPSA) is 68.5 Å². The molecule has 3 aromatic rings. The highest BCUT2D eigenvalue weighted by molar-refractivity contribution is 7.17. The molecule has 7 heteroatoms. The van der Waals surface area contributed by atoms with Crippen molar-refractivity contribution in [2.24, 2.45) is 0 Å². The van der Waals surface area contributed by atoms with Crippen LogP contribution >= 0.6 is 11.3 Å². The second-order valence-corrected chi connectivity index (χ2v) is 6.05. The van der Waals surface area contributed by atoms with E-state index in [0.29, 0.717) is 5.69 Å². The van der Waals surface area contributed by atoms with Crippen LogP contribution in [-0.2, 0) is 4.74 Å². The van der Waals surface area contributed by atoms with Gasteiger partial charge in [0.25, 0.3) is 0 Å². The largest absolute Gasteiger partial charge is 0.440 e. The lowest BCUT2D eigenvalue weighted by Gasteiger charge is -2.13. The molecular formula is C15H16N4O2S. The van der Waals surface area contributed by atoms with Crippen molar-refractivity contribution in [3.63, 3.8) is 0 Å². The highest BCUT2D eigenvalue weighted by Crippen LogP contribution is 2.29. The van der Waals surface area contributed by atoms with E-state index in [0.717, 1.165) is 21.1 Å². The quantitative estimate of drug-likeness (QED) is 0.799. The number of benzene rings is 1. The van der Waals surface area contributed by atoms with Crippen molar-refractivity contribution in [1.29, 1.82) is 0 Å². The van der Waals surface area contributed by atoms with Crippen LogP contribution in [-0.4, -0.2) is 20.7 Å². The number of carbonyl (C=O) groups is 1. The van der Waals surface area contributed by atoms with Gasteiger partial charge in [-0.05, 0) is 32.9 Å². The number of aromatic nitrogens is 3. The highest BCUT2D eigenvalue weighted by Gasteiger charge is 2.19. The van der Waals surface area contributed by atoms with Crippen molar-refractivity contribution in [2.45, 2.75) is 26.9 Å². The van der Waals surface area contributed by atoms with Crippen molar-refractivity contribution >= 4 is 28.1 Å². The van der Waals surface area contributed by atoms with Gasteiger partial charge < -0.3 is 4.74 Å². The van der Waals surface area contributed by atoms with Gasteiger partial charge in [0.05, 0.1) is 10.6 Å². The molecule has 0 saturated carbocycles. The van der Waals surface area contributed by atoms with Crippen molar-refractivity contribution in [3.05, 3.63) is 46.7 Å². The second-order valence-electron chi connectivity index (χ2n) is 5.04. The van der Waals surface area contributed by atoms with E-state index < -0.39 is 6.09 Å². The fourth-order valence-electron chi connectivity index (χ4n) is 2.18. The molecule has 6 nitrogen and oxygen atoms in total. The van der Waals surface area contributed by atoms with Crippen LogP contribution in [0.3, 0.4) is 0 Å². The maximum Gasteiger partial charge on any atom is 0.412 e. The fraction of sp³-hybridized carbons (Fsp3) is 0.267. The first-order valence-corrected chi connectivity index (χ1v) is 7.69. The summed E-state index contributed by atoms with van der Waals surface area (Å²) in [6, 6.07) is 7.55. The van der Waals surface area contributed by atoms with Crippen LogP contribution in [0.15, 0.2) is 30.6 Å². The van der Waals surface area contributed by atoms with Gasteiger partial charge in [0, 0.05) is 5.69 Å². The Labute approximate surface area is 131 Å². The third kappa shape index (κ3) is 2.80. The van der Waals surface area contributed by atoms with Crippen molar-refractivity contribution in [3.8, 4) is 0 Å². The summed E-state index contributed by atoms with van der Waals surface area (Å²) in [7, 11) is 0. The summed E-state index contributed by atoms with van der Waals surface area (Å²) in [6.07, 6.45) is 0.673. The first kappa shape index (κ1) is 14.5. The third-order valence-corrected chi connectivity index (χ3v) is 4.65. The number of rotatable bonds is 3. The molecule has 1 amide bonds. The highest BCUT2D eigenvalue weighted by atomic mass is 32.1. The van der Waals surface area contributed by atoms with E-state index in [-0.39, 0.29) is 6.10 Å². The SMILES string of the molecule is Cc1ccc(NC(=O)O[C@H](C)c2sc3ncnn3c2C)cc1. The van der Waals surface area contributed by atoms with E-state index in [1.54, 1.807) is 4.52 Å². The van der Waals surface area contributed by atoms with E-state index in [2.05, 4.69) is 15.4 Å². The number of ether oxygens (including phenoxy) is 1. The lowest BCUT2D eigenvalue weighted by Crippen LogP contribution is -2.16. The molecule has 1 N–H and O–H groups in total. The predicted molar refractivity (Wildman–Crippen MR) is 85.3 cm³/mol. The Balaban J connectivity index is 1.69. The van der Waals surface area contributed by atoms with E-state index in [4.69, 9.17) is 4.74 Å². The van der Waals surface area contributed by atoms with Gasteiger partial charge in [0.1, 0.15) is 12.4 Å². The summed E-state index contributed by atoms with van der Waals surface area (Å²) in [5.74, 6) is 0. The zero-order chi connectivity index (χ0) is 15.7. The minimum atomic E-state index is -0.477.